The summed E-state index contributed by atoms with van der Waals surface area (Å²) in [5.74, 6) is 0.716. The number of nitrogens with zero attached hydrogens (tertiary/aromatic N) is 2. The van der Waals surface area contributed by atoms with Crippen LogP contribution in [-0.4, -0.2) is 37.1 Å². The highest BCUT2D eigenvalue weighted by molar-refractivity contribution is 7.93. The molecule has 3 rings (SSSR count). The minimum atomic E-state index is -3.44. The van der Waals surface area contributed by atoms with Crippen LogP contribution in [0, 0.1) is 0 Å². The van der Waals surface area contributed by atoms with Gasteiger partial charge in [0.15, 0.2) is 0 Å². The lowest BCUT2D eigenvalue weighted by atomic mass is 10.3. The summed E-state index contributed by atoms with van der Waals surface area (Å²) in [5, 5.41) is 11.1. The van der Waals surface area contributed by atoms with Crippen molar-refractivity contribution in [1.29, 1.82) is 0 Å². The van der Waals surface area contributed by atoms with Crippen molar-refractivity contribution in [1.82, 2.24) is 10.2 Å². The molecule has 0 aliphatic carbocycles. The number of sulfone groups is 1. The number of aromatic nitrogens is 2. The number of ether oxygens (including phenoxy) is 1. The lowest BCUT2D eigenvalue weighted by Gasteiger charge is -2.07. The number of furan rings is 1. The van der Waals surface area contributed by atoms with Gasteiger partial charge in [0.05, 0.1) is 24.7 Å². The molecule has 0 aromatic carbocycles. The van der Waals surface area contributed by atoms with Crippen molar-refractivity contribution >= 4 is 26.3 Å². The summed E-state index contributed by atoms with van der Waals surface area (Å²) in [6, 6.07) is 3.61. The molecule has 7 nitrogen and oxygen atoms in total. The van der Waals surface area contributed by atoms with Crippen LogP contribution in [0.1, 0.15) is 18.6 Å². The highest BCUT2D eigenvalue weighted by Crippen LogP contribution is 2.24. The van der Waals surface area contributed by atoms with Gasteiger partial charge in [-0.15, -0.1) is 10.2 Å². The second-order valence-corrected chi connectivity index (χ2v) is 7.91. The molecule has 21 heavy (non-hydrogen) atoms. The zero-order valence-corrected chi connectivity index (χ0v) is 12.8. The van der Waals surface area contributed by atoms with E-state index < -0.39 is 9.84 Å². The van der Waals surface area contributed by atoms with E-state index in [2.05, 4.69) is 15.5 Å². The van der Waals surface area contributed by atoms with E-state index in [9.17, 15) is 8.42 Å². The quantitative estimate of drug-likeness (QED) is 0.862. The van der Waals surface area contributed by atoms with Crippen LogP contribution >= 0.6 is 11.3 Å². The monoisotopic (exact) mass is 329 g/mol. The van der Waals surface area contributed by atoms with E-state index in [0.29, 0.717) is 18.3 Å². The zero-order valence-electron chi connectivity index (χ0n) is 11.2. The maximum absolute atomic E-state index is 12.2. The molecule has 1 unspecified atom stereocenters. The summed E-state index contributed by atoms with van der Waals surface area (Å²) in [4.78, 5) is 0. The summed E-state index contributed by atoms with van der Waals surface area (Å²) in [5.41, 5.74) is 0. The Morgan fingerprint density at radius 1 is 1.43 bits per heavy atom. The Labute approximate surface area is 126 Å². The first-order valence-electron chi connectivity index (χ1n) is 6.57. The highest BCUT2D eigenvalue weighted by Gasteiger charge is 2.27. The van der Waals surface area contributed by atoms with Crippen molar-refractivity contribution in [2.24, 2.45) is 0 Å². The van der Waals surface area contributed by atoms with Gasteiger partial charge in [0.1, 0.15) is 5.76 Å². The number of rotatable bonds is 6. The summed E-state index contributed by atoms with van der Waals surface area (Å²) in [7, 11) is -3.44. The number of anilines is 1. The molecule has 1 aliphatic rings. The summed E-state index contributed by atoms with van der Waals surface area (Å²) < 4.78 is 35.0. The van der Waals surface area contributed by atoms with Gasteiger partial charge < -0.3 is 14.5 Å². The normalized spacial score (nSPS) is 19.0. The number of hydrogen-bond donors (Lipinski definition) is 1. The van der Waals surface area contributed by atoms with Crippen molar-refractivity contribution in [3.05, 3.63) is 24.2 Å². The van der Waals surface area contributed by atoms with Crippen LogP contribution in [-0.2, 0) is 21.1 Å². The molecule has 1 atom stereocenters. The van der Waals surface area contributed by atoms with E-state index in [1.807, 2.05) is 6.07 Å². The molecule has 0 radical (unpaired) electrons. The lowest BCUT2D eigenvalue weighted by Crippen LogP contribution is -2.20. The molecule has 3 heterocycles. The Balaban J connectivity index is 1.63. The van der Waals surface area contributed by atoms with Gasteiger partial charge in [0.25, 0.3) is 0 Å². The third-order valence-electron chi connectivity index (χ3n) is 3.10. The molecular weight excluding hydrogens is 314 g/mol. The maximum Gasteiger partial charge on any atom is 0.234 e. The summed E-state index contributed by atoms with van der Waals surface area (Å²) in [6.45, 7) is 1.07. The smallest absolute Gasteiger partial charge is 0.234 e. The van der Waals surface area contributed by atoms with Gasteiger partial charge in [0, 0.05) is 6.61 Å². The Morgan fingerprint density at radius 2 is 2.33 bits per heavy atom. The largest absolute Gasteiger partial charge is 0.467 e. The first-order valence-corrected chi connectivity index (χ1v) is 9.04. The minimum Gasteiger partial charge on any atom is -0.467 e. The Bertz CT molecular complexity index is 675. The fraction of sp³-hybridized carbons (Fsp3) is 0.500. The van der Waals surface area contributed by atoms with Gasteiger partial charge in [-0.05, 0) is 25.0 Å². The fourth-order valence-electron chi connectivity index (χ4n) is 2.07. The number of hydrogen-bond acceptors (Lipinski definition) is 8. The molecule has 0 saturated carbocycles. The van der Waals surface area contributed by atoms with E-state index in [0.717, 1.165) is 29.9 Å². The molecule has 1 saturated heterocycles. The van der Waals surface area contributed by atoms with Crippen molar-refractivity contribution in [3.63, 3.8) is 0 Å². The molecule has 0 bridgehead atoms. The molecule has 0 spiro atoms. The number of nitrogens with one attached hydrogen (secondary N) is 1. The van der Waals surface area contributed by atoms with Crippen LogP contribution in [0.3, 0.4) is 0 Å². The van der Waals surface area contributed by atoms with E-state index in [1.54, 1.807) is 12.3 Å². The standard InChI is InChI=1S/C12H15N3O4S2/c16-21(17,8-10-4-2-6-19-10)12-15-14-11(20-12)13-7-9-3-1-5-18-9/h1,3,5,10H,2,4,6-8H2,(H,13,14). The summed E-state index contributed by atoms with van der Waals surface area (Å²) >= 11 is 1.03. The van der Waals surface area contributed by atoms with Crippen LogP contribution in [0.25, 0.3) is 0 Å². The second-order valence-electron chi connectivity index (χ2n) is 4.72. The summed E-state index contributed by atoms with van der Waals surface area (Å²) in [6.07, 6.45) is 3.04. The Kier molecular flexibility index (Phi) is 4.22. The minimum absolute atomic E-state index is 0.0277. The van der Waals surface area contributed by atoms with Gasteiger partial charge in [-0.3, -0.25) is 0 Å². The third kappa shape index (κ3) is 3.60. The predicted octanol–water partition coefficient (Wildman–Crippen LogP) is 1.70. The zero-order chi connectivity index (χ0) is 14.7. The molecule has 1 fully saturated rings. The molecule has 114 valence electrons. The van der Waals surface area contributed by atoms with Crippen LogP contribution in [0.15, 0.2) is 27.2 Å². The molecular formula is C12H15N3O4S2. The van der Waals surface area contributed by atoms with E-state index in [4.69, 9.17) is 9.15 Å². The van der Waals surface area contributed by atoms with Crippen LogP contribution in [0.2, 0.25) is 0 Å². The van der Waals surface area contributed by atoms with E-state index >= 15 is 0 Å². The first kappa shape index (κ1) is 14.5. The molecule has 2 aromatic heterocycles. The lowest BCUT2D eigenvalue weighted by molar-refractivity contribution is 0.127. The van der Waals surface area contributed by atoms with Gasteiger partial charge in [-0.1, -0.05) is 11.3 Å². The van der Waals surface area contributed by atoms with Crippen molar-refractivity contribution < 1.29 is 17.6 Å². The average Bonchev–Trinajstić information content (AvgIpc) is 3.19. The molecule has 0 amide bonds. The third-order valence-corrected chi connectivity index (χ3v) is 6.21. The maximum atomic E-state index is 12.2. The molecule has 9 heteroatoms. The first-order chi connectivity index (χ1) is 10.1. The molecule has 2 aromatic rings. The SMILES string of the molecule is O=S(=O)(CC1CCCO1)c1nnc(NCc2ccco2)s1. The van der Waals surface area contributed by atoms with Crippen LogP contribution in [0.4, 0.5) is 5.13 Å². The Hall–Kier alpha value is -1.45. The average molecular weight is 329 g/mol. The Morgan fingerprint density at radius 3 is 3.05 bits per heavy atom. The molecule has 1 N–H and O–H groups in total. The van der Waals surface area contributed by atoms with Crippen molar-refractivity contribution in [2.45, 2.75) is 29.8 Å². The van der Waals surface area contributed by atoms with Gasteiger partial charge in [-0.2, -0.15) is 0 Å². The fourth-order valence-corrected chi connectivity index (χ4v) is 4.56. The topological polar surface area (TPSA) is 94.3 Å². The van der Waals surface area contributed by atoms with Crippen LogP contribution in [0.5, 0.6) is 0 Å². The van der Waals surface area contributed by atoms with Crippen molar-refractivity contribution in [2.75, 3.05) is 17.7 Å². The van der Waals surface area contributed by atoms with E-state index in [-0.39, 0.29) is 16.2 Å². The predicted molar refractivity (Wildman–Crippen MR) is 77.0 cm³/mol. The van der Waals surface area contributed by atoms with Crippen LogP contribution < -0.4 is 5.32 Å². The van der Waals surface area contributed by atoms with Crippen molar-refractivity contribution in [3.8, 4) is 0 Å². The van der Waals surface area contributed by atoms with Gasteiger partial charge in [-0.25, -0.2) is 8.42 Å². The highest BCUT2D eigenvalue weighted by atomic mass is 32.2. The van der Waals surface area contributed by atoms with Gasteiger partial charge >= 0.3 is 0 Å². The molecule has 1 aliphatic heterocycles. The second kappa shape index (κ2) is 6.12. The van der Waals surface area contributed by atoms with Gasteiger partial charge in [0.2, 0.25) is 19.3 Å². The van der Waals surface area contributed by atoms with E-state index in [1.165, 1.54) is 0 Å².